The molecule has 0 bridgehead atoms. The highest BCUT2D eigenvalue weighted by molar-refractivity contribution is 9.10. The molecule has 1 aromatic heterocycles. The third kappa shape index (κ3) is 4.33. The molecule has 0 fully saturated rings. The smallest absolute Gasteiger partial charge is 0.0738 e. The lowest BCUT2D eigenvalue weighted by Gasteiger charge is -2.15. The van der Waals surface area contributed by atoms with Crippen LogP contribution in [0.2, 0.25) is 5.02 Å². The molecule has 0 saturated carbocycles. The summed E-state index contributed by atoms with van der Waals surface area (Å²) in [4.78, 5) is 0. The molecule has 0 radical (unpaired) electrons. The van der Waals surface area contributed by atoms with E-state index < -0.39 is 0 Å². The maximum absolute atomic E-state index is 6.07. The quantitative estimate of drug-likeness (QED) is 0.555. The number of aromatic nitrogens is 2. The topological polar surface area (TPSA) is 17.8 Å². The first-order valence-electron chi connectivity index (χ1n) is 7.07. The van der Waals surface area contributed by atoms with Crippen molar-refractivity contribution in [1.29, 1.82) is 0 Å². The van der Waals surface area contributed by atoms with Crippen LogP contribution >= 0.6 is 43.5 Å². The second-order valence-electron chi connectivity index (χ2n) is 5.22. The summed E-state index contributed by atoms with van der Waals surface area (Å²) in [5.74, 6) is 0.515. The molecule has 0 saturated heterocycles. The molecule has 0 amide bonds. The van der Waals surface area contributed by atoms with Gasteiger partial charge in [0.2, 0.25) is 0 Å². The summed E-state index contributed by atoms with van der Waals surface area (Å²) < 4.78 is 3.23. The van der Waals surface area contributed by atoms with E-state index in [1.54, 1.807) is 0 Å². The van der Waals surface area contributed by atoms with Gasteiger partial charge in [-0.25, -0.2) is 0 Å². The number of nitrogens with zero attached hydrogens (tertiary/aromatic N) is 2. The molecule has 5 heteroatoms. The molecule has 2 aromatic rings. The van der Waals surface area contributed by atoms with Gasteiger partial charge < -0.3 is 0 Å². The van der Waals surface area contributed by atoms with Crippen LogP contribution in [0.5, 0.6) is 0 Å². The van der Waals surface area contributed by atoms with Gasteiger partial charge in [0, 0.05) is 16.9 Å². The maximum atomic E-state index is 6.07. The van der Waals surface area contributed by atoms with Crippen LogP contribution in [-0.4, -0.2) is 15.1 Å². The van der Waals surface area contributed by atoms with Crippen LogP contribution in [0.1, 0.15) is 23.9 Å². The zero-order chi connectivity index (χ0) is 15.4. The van der Waals surface area contributed by atoms with Crippen LogP contribution in [0.3, 0.4) is 0 Å². The minimum atomic E-state index is 0.515. The van der Waals surface area contributed by atoms with Gasteiger partial charge in [-0.3, -0.25) is 4.68 Å². The monoisotopic (exact) mass is 432 g/mol. The van der Waals surface area contributed by atoms with Gasteiger partial charge in [-0.1, -0.05) is 39.7 Å². The molecular weight excluding hydrogens is 415 g/mol. The van der Waals surface area contributed by atoms with E-state index in [2.05, 4.69) is 60.7 Å². The molecular formula is C16H19Br2ClN2. The average molecular weight is 435 g/mol. The van der Waals surface area contributed by atoms with E-state index in [9.17, 15) is 0 Å². The summed E-state index contributed by atoms with van der Waals surface area (Å²) in [6.45, 7) is 5.07. The van der Waals surface area contributed by atoms with Crippen LogP contribution in [-0.2, 0) is 19.4 Å². The number of hydrogen-bond donors (Lipinski definition) is 0. The van der Waals surface area contributed by atoms with E-state index in [4.69, 9.17) is 11.6 Å². The standard InChI is InChI=1S/C16H19Br2ClN2/c1-3-21-15(16(18)11(2)20-21)9-13(10-17)7-12-5-4-6-14(19)8-12/h4-6,8,13H,3,7,9-10H2,1-2H3. The van der Waals surface area contributed by atoms with Gasteiger partial charge in [0.25, 0.3) is 0 Å². The van der Waals surface area contributed by atoms with Crippen molar-refractivity contribution < 1.29 is 0 Å². The molecule has 2 nitrogen and oxygen atoms in total. The molecule has 1 atom stereocenters. The summed E-state index contributed by atoms with van der Waals surface area (Å²) in [6.07, 6.45) is 2.00. The average Bonchev–Trinajstić information content (AvgIpc) is 2.74. The fourth-order valence-electron chi connectivity index (χ4n) is 2.52. The Morgan fingerprint density at radius 1 is 1.33 bits per heavy atom. The molecule has 21 heavy (non-hydrogen) atoms. The predicted octanol–water partition coefficient (Wildman–Crippen LogP) is 5.42. The predicted molar refractivity (Wildman–Crippen MR) is 96.5 cm³/mol. The zero-order valence-corrected chi connectivity index (χ0v) is 16.2. The summed E-state index contributed by atoms with van der Waals surface area (Å²) in [6, 6.07) is 8.12. The largest absolute Gasteiger partial charge is 0.268 e. The van der Waals surface area contributed by atoms with Crippen molar-refractivity contribution in [3.63, 3.8) is 0 Å². The number of rotatable bonds is 6. The van der Waals surface area contributed by atoms with Crippen molar-refractivity contribution in [2.45, 2.75) is 33.2 Å². The lowest BCUT2D eigenvalue weighted by molar-refractivity contribution is 0.535. The van der Waals surface area contributed by atoms with E-state index in [1.807, 2.05) is 19.1 Å². The molecule has 0 aliphatic carbocycles. The third-order valence-corrected chi connectivity index (χ3v) is 5.75. The van der Waals surface area contributed by atoms with Gasteiger partial charge in [-0.05, 0) is 66.2 Å². The molecule has 0 N–H and O–H groups in total. The highest BCUT2D eigenvalue weighted by atomic mass is 79.9. The van der Waals surface area contributed by atoms with Crippen LogP contribution in [0.25, 0.3) is 0 Å². The maximum Gasteiger partial charge on any atom is 0.0738 e. The summed E-state index contributed by atoms with van der Waals surface area (Å²) in [5, 5.41) is 6.33. The number of benzene rings is 1. The van der Waals surface area contributed by atoms with Gasteiger partial charge in [0.1, 0.15) is 0 Å². The molecule has 0 spiro atoms. The van der Waals surface area contributed by atoms with E-state index in [1.165, 1.54) is 11.3 Å². The van der Waals surface area contributed by atoms with E-state index in [0.29, 0.717) is 5.92 Å². The Balaban J connectivity index is 2.16. The highest BCUT2D eigenvalue weighted by Gasteiger charge is 2.17. The Kier molecular flexibility index (Phi) is 6.33. The molecule has 1 aromatic carbocycles. The summed E-state index contributed by atoms with van der Waals surface area (Å²) in [7, 11) is 0. The third-order valence-electron chi connectivity index (χ3n) is 3.57. The van der Waals surface area contributed by atoms with Crippen LogP contribution in [0.4, 0.5) is 0 Å². The van der Waals surface area contributed by atoms with Crippen molar-refractivity contribution >= 4 is 43.5 Å². The van der Waals surface area contributed by atoms with Gasteiger partial charge >= 0.3 is 0 Å². The van der Waals surface area contributed by atoms with Crippen LogP contribution in [0.15, 0.2) is 28.7 Å². The van der Waals surface area contributed by atoms with Gasteiger partial charge in [0.05, 0.1) is 15.9 Å². The second-order valence-corrected chi connectivity index (χ2v) is 7.10. The van der Waals surface area contributed by atoms with Crippen LogP contribution in [0, 0.1) is 12.8 Å². The fourth-order valence-corrected chi connectivity index (χ4v) is 3.63. The van der Waals surface area contributed by atoms with Gasteiger partial charge in [-0.2, -0.15) is 5.10 Å². The number of hydrogen-bond acceptors (Lipinski definition) is 1. The van der Waals surface area contributed by atoms with E-state index in [-0.39, 0.29) is 0 Å². The minimum Gasteiger partial charge on any atom is -0.268 e. The Bertz CT molecular complexity index is 610. The molecule has 2 rings (SSSR count). The normalized spacial score (nSPS) is 12.6. The summed E-state index contributed by atoms with van der Waals surface area (Å²) in [5.41, 5.74) is 3.62. The fraction of sp³-hybridized carbons (Fsp3) is 0.438. The number of halogens is 3. The second kappa shape index (κ2) is 7.80. The van der Waals surface area contributed by atoms with Crippen molar-refractivity contribution in [1.82, 2.24) is 9.78 Å². The van der Waals surface area contributed by atoms with Gasteiger partial charge in [0.15, 0.2) is 0 Å². The van der Waals surface area contributed by atoms with Crippen molar-refractivity contribution in [2.24, 2.45) is 5.92 Å². The van der Waals surface area contributed by atoms with Crippen molar-refractivity contribution in [3.8, 4) is 0 Å². The lowest BCUT2D eigenvalue weighted by Crippen LogP contribution is -2.14. The Hall–Kier alpha value is -0.320. The Morgan fingerprint density at radius 2 is 2.10 bits per heavy atom. The molecule has 1 heterocycles. The first kappa shape index (κ1) is 17.0. The highest BCUT2D eigenvalue weighted by Crippen LogP contribution is 2.26. The van der Waals surface area contributed by atoms with Crippen molar-refractivity contribution in [2.75, 3.05) is 5.33 Å². The number of aryl methyl sites for hydroxylation is 2. The first-order chi connectivity index (χ1) is 10.0. The first-order valence-corrected chi connectivity index (χ1v) is 9.36. The molecule has 114 valence electrons. The molecule has 1 unspecified atom stereocenters. The zero-order valence-electron chi connectivity index (χ0n) is 12.2. The Labute approximate surface area is 148 Å². The Morgan fingerprint density at radius 3 is 2.71 bits per heavy atom. The van der Waals surface area contributed by atoms with Crippen LogP contribution < -0.4 is 0 Å². The minimum absolute atomic E-state index is 0.515. The van der Waals surface area contributed by atoms with E-state index in [0.717, 1.165) is 39.9 Å². The van der Waals surface area contributed by atoms with E-state index >= 15 is 0 Å². The SMILES string of the molecule is CCn1nc(C)c(Br)c1CC(CBr)Cc1cccc(Cl)c1. The number of alkyl halides is 1. The van der Waals surface area contributed by atoms with Crippen molar-refractivity contribution in [3.05, 3.63) is 50.7 Å². The lowest BCUT2D eigenvalue weighted by atomic mass is 9.96. The van der Waals surface area contributed by atoms with Gasteiger partial charge in [-0.15, -0.1) is 0 Å². The molecule has 0 aliphatic rings. The summed E-state index contributed by atoms with van der Waals surface area (Å²) >= 11 is 13.4. The molecule has 0 aliphatic heterocycles.